The van der Waals surface area contributed by atoms with E-state index in [4.69, 9.17) is 11.0 Å². The minimum atomic E-state index is -0.533. The quantitative estimate of drug-likeness (QED) is 0.177. The van der Waals surface area contributed by atoms with Crippen molar-refractivity contribution in [3.8, 4) is 44.5 Å². The molecule has 0 heteroatoms. The van der Waals surface area contributed by atoms with E-state index in [-0.39, 0.29) is 90.8 Å². The van der Waals surface area contributed by atoms with Crippen LogP contribution in [0.4, 0.5) is 0 Å². The Bertz CT molecular complexity index is 3260. The highest BCUT2D eigenvalue weighted by Crippen LogP contribution is 2.47. The fraction of sp³-hybridized carbons (Fsp3) is 0. The van der Waals surface area contributed by atoms with Gasteiger partial charge in [0.25, 0.3) is 0 Å². The van der Waals surface area contributed by atoms with Gasteiger partial charge in [-0.15, -0.1) is 0 Å². The van der Waals surface area contributed by atoms with Crippen LogP contribution in [0.1, 0.15) is 19.2 Å². The van der Waals surface area contributed by atoms with Crippen molar-refractivity contribution in [2.75, 3.05) is 0 Å². The smallest absolute Gasteiger partial charge is 0.0622 e. The fourth-order valence-corrected chi connectivity index (χ4v) is 6.48. The van der Waals surface area contributed by atoms with Gasteiger partial charge in [0.15, 0.2) is 0 Å². The normalized spacial score (nSPS) is 15.7. The number of benzene rings is 9. The van der Waals surface area contributed by atoms with E-state index in [1.807, 2.05) is 0 Å². The molecule has 0 aliphatic heterocycles. The van der Waals surface area contributed by atoms with Gasteiger partial charge < -0.3 is 0 Å². The van der Waals surface area contributed by atoms with Crippen LogP contribution in [0, 0.1) is 0 Å². The van der Waals surface area contributed by atoms with Crippen LogP contribution >= 0.6 is 0 Å². The van der Waals surface area contributed by atoms with Gasteiger partial charge in [-0.3, -0.25) is 0 Å². The molecule has 0 heterocycles. The summed E-state index contributed by atoms with van der Waals surface area (Å²) in [5.41, 5.74) is 2.33. The van der Waals surface area contributed by atoms with Crippen molar-refractivity contribution in [3.05, 3.63) is 182 Å². The molecule has 9 rings (SSSR count). The molecule has 0 radical (unpaired) electrons. The second-order valence-corrected chi connectivity index (χ2v) is 10.9. The topological polar surface area (TPSA) is 0 Å². The average molecular weight is 597 g/mol. The maximum Gasteiger partial charge on any atom is 0.0629 e. The first-order chi connectivity index (χ1) is 28.7. The van der Waals surface area contributed by atoms with Crippen LogP contribution in [0.15, 0.2) is 182 Å². The van der Waals surface area contributed by atoms with Crippen LogP contribution in [-0.2, 0) is 0 Å². The molecule has 0 aromatic heterocycles. The van der Waals surface area contributed by atoms with E-state index in [9.17, 15) is 8.22 Å². The van der Waals surface area contributed by atoms with Gasteiger partial charge in [0.1, 0.15) is 0 Å². The molecule has 0 atom stereocenters. The Morgan fingerprint density at radius 3 is 1.30 bits per heavy atom. The summed E-state index contributed by atoms with van der Waals surface area (Å²) in [4.78, 5) is 0. The number of fused-ring (bicyclic) bond motifs is 4. The molecule has 0 spiro atoms. The maximum absolute atomic E-state index is 9.37. The molecule has 214 valence electrons. The summed E-state index contributed by atoms with van der Waals surface area (Å²) in [7, 11) is 0. The number of rotatable bonds is 4. The van der Waals surface area contributed by atoms with Gasteiger partial charge in [-0.25, -0.2) is 0 Å². The Labute approximate surface area is 288 Å². The van der Waals surface area contributed by atoms with Crippen molar-refractivity contribution in [1.82, 2.24) is 0 Å². The molecule has 9 aromatic rings. The van der Waals surface area contributed by atoms with E-state index in [1.165, 1.54) is 0 Å². The van der Waals surface area contributed by atoms with E-state index < -0.39 is 48.3 Å². The van der Waals surface area contributed by atoms with E-state index in [1.54, 1.807) is 97.1 Å². The van der Waals surface area contributed by atoms with Crippen molar-refractivity contribution in [2.24, 2.45) is 0 Å². The zero-order valence-corrected chi connectivity index (χ0v) is 24.2. The van der Waals surface area contributed by atoms with Gasteiger partial charge in [-0.1, -0.05) is 182 Å². The Kier molecular flexibility index (Phi) is 3.74. The lowest BCUT2D eigenvalue weighted by Gasteiger charge is -2.20. The highest BCUT2D eigenvalue weighted by molar-refractivity contribution is 6.24. The van der Waals surface area contributed by atoms with Crippen LogP contribution in [0.3, 0.4) is 0 Å². The third-order valence-electron chi connectivity index (χ3n) is 8.46. The van der Waals surface area contributed by atoms with Gasteiger partial charge in [0.05, 0.1) is 19.2 Å². The van der Waals surface area contributed by atoms with Gasteiger partial charge in [0, 0.05) is 0 Å². The standard InChI is InChI=1S/C46H30/c1-3-15-31(16-4-1)33-25-13-27-36-34(33)26-14-28-37(36)39-29-30-44(38-20-8-7-19-35(38)39)46-42-23-11-9-21-40(42)45(32-17-5-2-6-18-32)41-22-10-12-24-43(41)46/h1-30H/i9D,10D,11D,12D,13D,14D,21D,22D,23D,24D,25D,26D,27D,28D. The van der Waals surface area contributed by atoms with Crippen LogP contribution < -0.4 is 0 Å². The zero-order chi connectivity index (χ0) is 42.6. The molecule has 0 unspecified atom stereocenters. The highest BCUT2D eigenvalue weighted by atomic mass is 14.2. The molecule has 0 saturated heterocycles. The predicted molar refractivity (Wildman–Crippen MR) is 198 cm³/mol. The third kappa shape index (κ3) is 4.15. The molecular weight excluding hydrogens is 553 g/mol. The van der Waals surface area contributed by atoms with Crippen molar-refractivity contribution in [1.29, 1.82) is 0 Å². The zero-order valence-electron chi connectivity index (χ0n) is 38.2. The van der Waals surface area contributed by atoms with Gasteiger partial charge in [-0.2, -0.15) is 0 Å². The summed E-state index contributed by atoms with van der Waals surface area (Å²) in [5.74, 6) is 0. The summed E-state index contributed by atoms with van der Waals surface area (Å²) in [6.07, 6.45) is 0. The van der Waals surface area contributed by atoms with Crippen molar-refractivity contribution < 1.29 is 19.2 Å². The minimum absolute atomic E-state index is 0.0386. The Balaban J connectivity index is 1.50. The molecule has 0 nitrogen and oxygen atoms in total. The monoisotopic (exact) mass is 596 g/mol. The minimum Gasteiger partial charge on any atom is -0.0622 e. The second-order valence-electron chi connectivity index (χ2n) is 10.9. The molecule has 0 saturated carbocycles. The van der Waals surface area contributed by atoms with Crippen LogP contribution in [0.2, 0.25) is 0 Å². The molecule has 0 aliphatic carbocycles. The van der Waals surface area contributed by atoms with Gasteiger partial charge >= 0.3 is 0 Å². The van der Waals surface area contributed by atoms with E-state index in [0.717, 1.165) is 0 Å². The SMILES string of the molecule is [2H]c1c([2H])c(-c2ccc(-c3c4c([2H])c([2H])c([2H])c([2H])c4c(-c4ccccc4)c4c([2H])c([2H])c([2H])c([2H])c34)c3ccccc23)c2c([2H])c([2H])c([2H])c(-c3ccccc3)c2c1[2H]. The number of hydrogen-bond acceptors (Lipinski definition) is 0. The maximum atomic E-state index is 9.37. The largest absolute Gasteiger partial charge is 0.0629 e. The first-order valence-corrected chi connectivity index (χ1v) is 14.8. The average Bonchev–Trinajstić information content (AvgIpc) is 3.27. The molecule has 9 aromatic carbocycles. The highest BCUT2D eigenvalue weighted by Gasteiger charge is 2.19. The molecule has 0 fully saturated rings. The van der Waals surface area contributed by atoms with E-state index in [2.05, 4.69) is 0 Å². The lowest BCUT2D eigenvalue weighted by molar-refractivity contribution is 1.64. The molecule has 0 bridgehead atoms. The lowest BCUT2D eigenvalue weighted by atomic mass is 9.83. The Morgan fingerprint density at radius 1 is 0.261 bits per heavy atom. The van der Waals surface area contributed by atoms with Gasteiger partial charge in [-0.05, 0) is 87.6 Å². The first kappa shape index (κ1) is 15.8. The fourth-order valence-electron chi connectivity index (χ4n) is 6.48. The Hall–Kier alpha value is -5.98. The van der Waals surface area contributed by atoms with Crippen molar-refractivity contribution in [2.45, 2.75) is 0 Å². The summed E-state index contributed by atoms with van der Waals surface area (Å²) < 4.78 is 127. The predicted octanol–water partition coefficient (Wildman–Crippen LogP) is 13.0. The summed E-state index contributed by atoms with van der Waals surface area (Å²) in [5, 5.41) is 1.25. The van der Waals surface area contributed by atoms with E-state index >= 15 is 0 Å². The van der Waals surface area contributed by atoms with Crippen LogP contribution in [0.5, 0.6) is 0 Å². The summed E-state index contributed by atoms with van der Waals surface area (Å²) in [6.45, 7) is 0. The van der Waals surface area contributed by atoms with Crippen LogP contribution in [-0.4, -0.2) is 0 Å². The second kappa shape index (κ2) is 10.9. The number of hydrogen-bond donors (Lipinski definition) is 0. The molecule has 46 heavy (non-hydrogen) atoms. The van der Waals surface area contributed by atoms with Crippen molar-refractivity contribution in [3.63, 3.8) is 0 Å². The third-order valence-corrected chi connectivity index (χ3v) is 8.46. The molecule has 0 amide bonds. The molecular formula is C46H30. The molecule has 0 N–H and O–H groups in total. The lowest BCUT2D eigenvalue weighted by Crippen LogP contribution is -1.92. The van der Waals surface area contributed by atoms with Crippen LogP contribution in [0.25, 0.3) is 87.6 Å². The Morgan fingerprint density at radius 2 is 0.696 bits per heavy atom. The summed E-state index contributed by atoms with van der Waals surface area (Å²) in [6, 6.07) is 21.7. The first-order valence-electron chi connectivity index (χ1n) is 21.8. The van der Waals surface area contributed by atoms with Crippen molar-refractivity contribution >= 4 is 43.1 Å². The van der Waals surface area contributed by atoms with E-state index in [0.29, 0.717) is 33.0 Å². The molecule has 0 aliphatic rings. The van der Waals surface area contributed by atoms with Gasteiger partial charge in [0.2, 0.25) is 0 Å². The summed E-state index contributed by atoms with van der Waals surface area (Å²) >= 11 is 0.